The molecule has 0 radical (unpaired) electrons. The van der Waals surface area contributed by atoms with Crippen LogP contribution in [0.15, 0.2) is 22.8 Å². The summed E-state index contributed by atoms with van der Waals surface area (Å²) >= 11 is 0. The first-order valence-corrected chi connectivity index (χ1v) is 6.56. The number of furan rings is 1. The fourth-order valence-electron chi connectivity index (χ4n) is 2.36. The van der Waals surface area contributed by atoms with E-state index in [1.165, 1.54) is 6.26 Å². The number of amides is 1. The molecule has 1 N–H and O–H groups in total. The van der Waals surface area contributed by atoms with Crippen LogP contribution in [0.3, 0.4) is 0 Å². The first kappa shape index (κ1) is 13.1. The predicted molar refractivity (Wildman–Crippen MR) is 70.5 cm³/mol. The van der Waals surface area contributed by atoms with E-state index in [1.807, 2.05) is 0 Å². The van der Waals surface area contributed by atoms with Gasteiger partial charge in [-0.1, -0.05) is 0 Å². The smallest absolute Gasteiger partial charge is 0.287 e. The molecule has 0 aromatic carbocycles. The van der Waals surface area contributed by atoms with Gasteiger partial charge in [-0.25, -0.2) is 0 Å². The number of rotatable bonds is 2. The highest BCUT2D eigenvalue weighted by Crippen LogP contribution is 2.20. The van der Waals surface area contributed by atoms with Crippen LogP contribution in [0.2, 0.25) is 0 Å². The van der Waals surface area contributed by atoms with E-state index in [4.69, 9.17) is 4.42 Å². The van der Waals surface area contributed by atoms with Gasteiger partial charge in [-0.15, -0.1) is 0 Å². The molecule has 1 saturated heterocycles. The molecule has 2 rings (SSSR count). The minimum atomic E-state index is -0.103. The molecule has 1 amide bonds. The Kier molecular flexibility index (Phi) is 3.76. The lowest BCUT2D eigenvalue weighted by Crippen LogP contribution is -2.50. The molecule has 0 spiro atoms. The van der Waals surface area contributed by atoms with Crippen LogP contribution < -0.4 is 5.32 Å². The van der Waals surface area contributed by atoms with E-state index in [1.54, 1.807) is 12.1 Å². The molecule has 1 aromatic rings. The first-order chi connectivity index (χ1) is 8.47. The van der Waals surface area contributed by atoms with Crippen molar-refractivity contribution in [3.63, 3.8) is 0 Å². The van der Waals surface area contributed by atoms with Gasteiger partial charge in [0.15, 0.2) is 5.76 Å². The Labute approximate surface area is 108 Å². The molecule has 1 aliphatic heterocycles. The maximum atomic E-state index is 11.8. The molecule has 100 valence electrons. The Balaban J connectivity index is 1.82. The highest BCUT2D eigenvalue weighted by atomic mass is 16.3. The number of hydrogen-bond donors (Lipinski definition) is 1. The van der Waals surface area contributed by atoms with E-state index >= 15 is 0 Å². The summed E-state index contributed by atoms with van der Waals surface area (Å²) in [5, 5.41) is 3.03. The molecular formula is C14H22N2O2. The molecular weight excluding hydrogens is 228 g/mol. The van der Waals surface area contributed by atoms with Gasteiger partial charge in [0.1, 0.15) is 0 Å². The van der Waals surface area contributed by atoms with Gasteiger partial charge in [-0.2, -0.15) is 0 Å². The quantitative estimate of drug-likeness (QED) is 0.875. The second kappa shape index (κ2) is 5.14. The summed E-state index contributed by atoms with van der Waals surface area (Å²) < 4.78 is 5.09. The second-order valence-corrected chi connectivity index (χ2v) is 5.88. The van der Waals surface area contributed by atoms with Crippen LogP contribution in [0, 0.1) is 0 Å². The van der Waals surface area contributed by atoms with Crippen molar-refractivity contribution in [3.05, 3.63) is 24.2 Å². The topological polar surface area (TPSA) is 45.5 Å². The molecule has 1 aliphatic rings. The van der Waals surface area contributed by atoms with E-state index in [-0.39, 0.29) is 17.5 Å². The molecule has 2 heterocycles. The summed E-state index contributed by atoms with van der Waals surface area (Å²) in [6.45, 7) is 8.76. The Morgan fingerprint density at radius 2 is 2.06 bits per heavy atom. The van der Waals surface area contributed by atoms with Gasteiger partial charge >= 0.3 is 0 Å². The van der Waals surface area contributed by atoms with Crippen molar-refractivity contribution in [3.8, 4) is 0 Å². The fraction of sp³-hybridized carbons (Fsp3) is 0.643. The minimum absolute atomic E-state index is 0.103. The van der Waals surface area contributed by atoms with Crippen LogP contribution in [-0.2, 0) is 0 Å². The van der Waals surface area contributed by atoms with Gasteiger partial charge in [0.2, 0.25) is 0 Å². The fourth-order valence-corrected chi connectivity index (χ4v) is 2.36. The normalized spacial score (nSPS) is 18.8. The number of carbonyl (C=O) groups is 1. The average Bonchev–Trinajstić information content (AvgIpc) is 2.82. The van der Waals surface area contributed by atoms with Crippen molar-refractivity contribution in [2.75, 3.05) is 13.1 Å². The second-order valence-electron chi connectivity index (χ2n) is 5.88. The van der Waals surface area contributed by atoms with Gasteiger partial charge in [-0.05, 0) is 45.7 Å². The standard InChI is InChI=1S/C14H22N2O2/c1-14(2,3)16-8-6-11(7-9-16)15-13(17)12-5-4-10-18-12/h4-5,10-11H,6-9H2,1-3H3,(H,15,17). The predicted octanol–water partition coefficient (Wildman–Crippen LogP) is 2.27. The number of piperidine rings is 1. The van der Waals surface area contributed by atoms with Crippen molar-refractivity contribution in [2.24, 2.45) is 0 Å². The molecule has 0 atom stereocenters. The number of nitrogens with one attached hydrogen (secondary N) is 1. The van der Waals surface area contributed by atoms with Gasteiger partial charge in [0.05, 0.1) is 6.26 Å². The summed E-state index contributed by atoms with van der Waals surface area (Å²) in [6.07, 6.45) is 3.53. The first-order valence-electron chi connectivity index (χ1n) is 6.56. The molecule has 4 heteroatoms. The maximum Gasteiger partial charge on any atom is 0.287 e. The zero-order valence-corrected chi connectivity index (χ0v) is 11.4. The Morgan fingerprint density at radius 1 is 1.39 bits per heavy atom. The molecule has 18 heavy (non-hydrogen) atoms. The van der Waals surface area contributed by atoms with E-state index < -0.39 is 0 Å². The number of carbonyl (C=O) groups excluding carboxylic acids is 1. The van der Waals surface area contributed by atoms with E-state index in [0.29, 0.717) is 5.76 Å². The van der Waals surface area contributed by atoms with Gasteiger partial charge < -0.3 is 9.73 Å². The molecule has 4 nitrogen and oxygen atoms in total. The summed E-state index contributed by atoms with van der Waals surface area (Å²) in [5.74, 6) is 0.294. The lowest BCUT2D eigenvalue weighted by atomic mass is 9.98. The zero-order valence-electron chi connectivity index (χ0n) is 11.4. The Hall–Kier alpha value is -1.29. The van der Waals surface area contributed by atoms with Crippen molar-refractivity contribution in [2.45, 2.75) is 45.2 Å². The monoisotopic (exact) mass is 250 g/mol. The summed E-state index contributed by atoms with van der Waals surface area (Å²) in [4.78, 5) is 14.3. The molecule has 0 unspecified atom stereocenters. The molecule has 0 aliphatic carbocycles. The van der Waals surface area contributed by atoms with Crippen LogP contribution in [0.5, 0.6) is 0 Å². The van der Waals surface area contributed by atoms with Crippen LogP contribution in [0.25, 0.3) is 0 Å². The molecule has 0 bridgehead atoms. The van der Waals surface area contributed by atoms with Gasteiger partial charge in [-0.3, -0.25) is 9.69 Å². The van der Waals surface area contributed by atoms with E-state index in [0.717, 1.165) is 25.9 Å². The van der Waals surface area contributed by atoms with Crippen LogP contribution in [0.1, 0.15) is 44.2 Å². The van der Waals surface area contributed by atoms with Crippen molar-refractivity contribution < 1.29 is 9.21 Å². The number of likely N-dealkylation sites (tertiary alicyclic amines) is 1. The third-order valence-electron chi connectivity index (χ3n) is 3.52. The highest BCUT2D eigenvalue weighted by Gasteiger charge is 2.27. The highest BCUT2D eigenvalue weighted by molar-refractivity contribution is 5.91. The van der Waals surface area contributed by atoms with Crippen molar-refractivity contribution in [1.29, 1.82) is 0 Å². The molecule has 1 fully saturated rings. The van der Waals surface area contributed by atoms with Gasteiger partial charge in [0, 0.05) is 24.7 Å². The maximum absolute atomic E-state index is 11.8. The third kappa shape index (κ3) is 3.13. The van der Waals surface area contributed by atoms with Gasteiger partial charge in [0.25, 0.3) is 5.91 Å². The van der Waals surface area contributed by atoms with Crippen LogP contribution in [-0.4, -0.2) is 35.5 Å². The zero-order chi connectivity index (χ0) is 13.2. The summed E-state index contributed by atoms with van der Waals surface area (Å²) in [5.41, 5.74) is 0.218. The third-order valence-corrected chi connectivity index (χ3v) is 3.52. The van der Waals surface area contributed by atoms with E-state index in [9.17, 15) is 4.79 Å². The Morgan fingerprint density at radius 3 is 2.56 bits per heavy atom. The van der Waals surface area contributed by atoms with Crippen molar-refractivity contribution in [1.82, 2.24) is 10.2 Å². The number of hydrogen-bond acceptors (Lipinski definition) is 3. The molecule has 1 aromatic heterocycles. The summed E-state index contributed by atoms with van der Waals surface area (Å²) in [6, 6.07) is 3.69. The van der Waals surface area contributed by atoms with Crippen LogP contribution >= 0.6 is 0 Å². The van der Waals surface area contributed by atoms with Crippen LogP contribution in [0.4, 0.5) is 0 Å². The van der Waals surface area contributed by atoms with E-state index in [2.05, 4.69) is 31.0 Å². The minimum Gasteiger partial charge on any atom is -0.459 e. The lowest BCUT2D eigenvalue weighted by molar-refractivity contribution is 0.0793. The number of nitrogens with zero attached hydrogens (tertiary/aromatic N) is 1. The van der Waals surface area contributed by atoms with Crippen molar-refractivity contribution >= 4 is 5.91 Å². The summed E-state index contributed by atoms with van der Waals surface area (Å²) in [7, 11) is 0. The largest absolute Gasteiger partial charge is 0.459 e. The Bertz CT molecular complexity index is 384. The lowest BCUT2D eigenvalue weighted by Gasteiger charge is -2.40. The average molecular weight is 250 g/mol. The SMILES string of the molecule is CC(C)(C)N1CCC(NC(=O)c2ccco2)CC1. The molecule has 0 saturated carbocycles.